The maximum absolute atomic E-state index is 12.1. The fourth-order valence-electron chi connectivity index (χ4n) is 2.60. The predicted octanol–water partition coefficient (Wildman–Crippen LogP) is 2.54. The van der Waals surface area contributed by atoms with Crippen molar-refractivity contribution < 1.29 is 17.9 Å². The predicted molar refractivity (Wildman–Crippen MR) is 76.9 cm³/mol. The van der Waals surface area contributed by atoms with E-state index < -0.39 is 12.8 Å². The molecular formula is C15H17F3N4O. The Morgan fingerprint density at radius 2 is 1.87 bits per heavy atom. The van der Waals surface area contributed by atoms with Crippen LogP contribution in [0, 0.1) is 6.92 Å². The highest BCUT2D eigenvalue weighted by molar-refractivity contribution is 5.27. The summed E-state index contributed by atoms with van der Waals surface area (Å²) in [6.45, 7) is 3.83. The molecule has 23 heavy (non-hydrogen) atoms. The topological polar surface area (TPSA) is 43.2 Å². The minimum Gasteiger partial charge on any atom is -0.484 e. The molecule has 1 aromatic heterocycles. The summed E-state index contributed by atoms with van der Waals surface area (Å²) in [7, 11) is 0. The third-order valence-electron chi connectivity index (χ3n) is 3.75. The first-order valence-electron chi connectivity index (χ1n) is 7.30. The molecule has 0 radical (unpaired) electrons. The summed E-state index contributed by atoms with van der Waals surface area (Å²) < 4.78 is 43.1. The molecule has 0 spiro atoms. The van der Waals surface area contributed by atoms with Crippen LogP contribution in [0.4, 0.5) is 13.2 Å². The van der Waals surface area contributed by atoms with Crippen molar-refractivity contribution in [2.75, 3.05) is 13.2 Å². The van der Waals surface area contributed by atoms with Gasteiger partial charge in [0.05, 0.1) is 6.54 Å². The van der Waals surface area contributed by atoms with Crippen molar-refractivity contribution in [1.82, 2.24) is 19.7 Å². The van der Waals surface area contributed by atoms with Crippen LogP contribution in [0.3, 0.4) is 0 Å². The van der Waals surface area contributed by atoms with Gasteiger partial charge in [0.25, 0.3) is 0 Å². The number of hydrogen-bond acceptors (Lipinski definition) is 4. The zero-order chi connectivity index (χ0) is 16.4. The molecule has 0 unspecified atom stereocenters. The summed E-state index contributed by atoms with van der Waals surface area (Å²) in [6, 6.07) is 6.71. The molecule has 8 heteroatoms. The van der Waals surface area contributed by atoms with Crippen LogP contribution in [0.2, 0.25) is 0 Å². The quantitative estimate of drug-likeness (QED) is 0.866. The molecule has 0 fully saturated rings. The number of aryl methyl sites for hydroxylation is 1. The van der Waals surface area contributed by atoms with Crippen LogP contribution >= 0.6 is 0 Å². The van der Waals surface area contributed by atoms with E-state index in [0.29, 0.717) is 13.1 Å². The number of nitrogens with zero attached hydrogens (tertiary/aromatic N) is 4. The SMILES string of the molecule is Cc1nnc2n1CCN(Cc1ccc(OCC(F)(F)F)cc1)C2. The van der Waals surface area contributed by atoms with Crippen LogP contribution in [-0.4, -0.2) is 39.0 Å². The van der Waals surface area contributed by atoms with Gasteiger partial charge in [-0.2, -0.15) is 13.2 Å². The van der Waals surface area contributed by atoms with Gasteiger partial charge in [-0.05, 0) is 24.6 Å². The summed E-state index contributed by atoms with van der Waals surface area (Å²) in [5.74, 6) is 2.09. The van der Waals surface area contributed by atoms with E-state index in [1.54, 1.807) is 24.3 Å². The second-order valence-electron chi connectivity index (χ2n) is 5.57. The van der Waals surface area contributed by atoms with Crippen LogP contribution in [0.25, 0.3) is 0 Å². The number of rotatable bonds is 4. The highest BCUT2D eigenvalue weighted by atomic mass is 19.4. The molecule has 2 aromatic rings. The van der Waals surface area contributed by atoms with Gasteiger partial charge in [-0.1, -0.05) is 12.1 Å². The first kappa shape index (κ1) is 15.8. The van der Waals surface area contributed by atoms with Gasteiger partial charge in [0.2, 0.25) is 0 Å². The van der Waals surface area contributed by atoms with Gasteiger partial charge in [-0.3, -0.25) is 4.90 Å². The van der Waals surface area contributed by atoms with Gasteiger partial charge in [0.1, 0.15) is 17.4 Å². The fraction of sp³-hybridized carbons (Fsp3) is 0.467. The van der Waals surface area contributed by atoms with Crippen molar-refractivity contribution in [2.24, 2.45) is 0 Å². The van der Waals surface area contributed by atoms with Crippen LogP contribution in [0.1, 0.15) is 17.2 Å². The molecule has 0 bridgehead atoms. The van der Waals surface area contributed by atoms with Gasteiger partial charge in [0, 0.05) is 19.6 Å². The number of alkyl halides is 3. The Bertz CT molecular complexity index is 666. The Kier molecular flexibility index (Phi) is 4.25. The molecule has 0 N–H and O–H groups in total. The second-order valence-corrected chi connectivity index (χ2v) is 5.57. The third-order valence-corrected chi connectivity index (χ3v) is 3.75. The van der Waals surface area contributed by atoms with Crippen LogP contribution in [0.15, 0.2) is 24.3 Å². The number of ether oxygens (including phenoxy) is 1. The largest absolute Gasteiger partial charge is 0.484 e. The lowest BCUT2D eigenvalue weighted by Gasteiger charge is -2.27. The molecule has 0 saturated carbocycles. The molecule has 2 heterocycles. The number of halogens is 3. The highest BCUT2D eigenvalue weighted by Gasteiger charge is 2.28. The normalized spacial score (nSPS) is 15.5. The molecule has 1 aliphatic rings. The highest BCUT2D eigenvalue weighted by Crippen LogP contribution is 2.20. The Hall–Kier alpha value is -2.09. The molecule has 124 valence electrons. The lowest BCUT2D eigenvalue weighted by atomic mass is 10.2. The van der Waals surface area contributed by atoms with Crippen molar-refractivity contribution in [3.63, 3.8) is 0 Å². The van der Waals surface area contributed by atoms with Crippen molar-refractivity contribution in [2.45, 2.75) is 32.7 Å². The molecule has 0 aliphatic carbocycles. The zero-order valence-corrected chi connectivity index (χ0v) is 12.7. The Morgan fingerprint density at radius 3 is 2.57 bits per heavy atom. The third kappa shape index (κ3) is 4.01. The Morgan fingerprint density at radius 1 is 1.13 bits per heavy atom. The first-order valence-corrected chi connectivity index (χ1v) is 7.30. The Balaban J connectivity index is 1.57. The molecule has 1 aromatic carbocycles. The summed E-state index contributed by atoms with van der Waals surface area (Å²) >= 11 is 0. The molecule has 0 saturated heterocycles. The van der Waals surface area contributed by atoms with E-state index in [-0.39, 0.29) is 5.75 Å². The minimum absolute atomic E-state index is 0.222. The summed E-state index contributed by atoms with van der Waals surface area (Å²) in [5, 5.41) is 8.22. The van der Waals surface area contributed by atoms with Gasteiger partial charge < -0.3 is 9.30 Å². The van der Waals surface area contributed by atoms with E-state index in [9.17, 15) is 13.2 Å². The van der Waals surface area contributed by atoms with Crippen molar-refractivity contribution in [1.29, 1.82) is 0 Å². The smallest absolute Gasteiger partial charge is 0.422 e. The van der Waals surface area contributed by atoms with Crippen LogP contribution in [0.5, 0.6) is 5.75 Å². The van der Waals surface area contributed by atoms with E-state index in [1.165, 1.54) is 0 Å². The van der Waals surface area contributed by atoms with Crippen molar-refractivity contribution in [3.8, 4) is 5.75 Å². The van der Waals surface area contributed by atoms with Gasteiger partial charge in [0.15, 0.2) is 6.61 Å². The van der Waals surface area contributed by atoms with Crippen LogP contribution < -0.4 is 4.74 Å². The number of benzene rings is 1. The average Bonchev–Trinajstić information content (AvgIpc) is 2.87. The number of hydrogen-bond donors (Lipinski definition) is 0. The second kappa shape index (κ2) is 6.19. The maximum Gasteiger partial charge on any atom is 0.422 e. The van der Waals surface area contributed by atoms with E-state index in [0.717, 1.165) is 30.3 Å². The van der Waals surface area contributed by atoms with E-state index in [2.05, 4.69) is 19.7 Å². The van der Waals surface area contributed by atoms with Gasteiger partial charge in [-0.15, -0.1) is 10.2 Å². The standard InChI is InChI=1S/C15H17F3N4O/c1-11-19-20-14-9-21(6-7-22(11)14)8-12-2-4-13(5-3-12)23-10-15(16,17)18/h2-5H,6-10H2,1H3. The first-order chi connectivity index (χ1) is 10.9. The monoisotopic (exact) mass is 326 g/mol. The van der Waals surface area contributed by atoms with E-state index >= 15 is 0 Å². The summed E-state index contributed by atoms with van der Waals surface area (Å²) in [6.07, 6.45) is -4.32. The molecule has 0 atom stereocenters. The van der Waals surface area contributed by atoms with Gasteiger partial charge in [-0.25, -0.2) is 0 Å². The average molecular weight is 326 g/mol. The van der Waals surface area contributed by atoms with E-state index in [1.807, 2.05) is 6.92 Å². The zero-order valence-electron chi connectivity index (χ0n) is 12.7. The maximum atomic E-state index is 12.1. The summed E-state index contributed by atoms with van der Waals surface area (Å²) in [5.41, 5.74) is 1.02. The molecular weight excluding hydrogens is 309 g/mol. The lowest BCUT2D eigenvalue weighted by Crippen LogP contribution is -2.33. The molecule has 3 rings (SSSR count). The van der Waals surface area contributed by atoms with Crippen LogP contribution in [-0.2, 0) is 19.6 Å². The number of fused-ring (bicyclic) bond motifs is 1. The Labute approximate surface area is 131 Å². The summed E-state index contributed by atoms with van der Waals surface area (Å²) in [4.78, 5) is 2.23. The fourth-order valence-corrected chi connectivity index (χ4v) is 2.60. The van der Waals surface area contributed by atoms with Gasteiger partial charge >= 0.3 is 6.18 Å². The van der Waals surface area contributed by atoms with Crippen molar-refractivity contribution in [3.05, 3.63) is 41.5 Å². The number of aromatic nitrogens is 3. The van der Waals surface area contributed by atoms with Crippen molar-refractivity contribution >= 4 is 0 Å². The molecule has 5 nitrogen and oxygen atoms in total. The minimum atomic E-state index is -4.32. The lowest BCUT2D eigenvalue weighted by molar-refractivity contribution is -0.153. The molecule has 1 aliphatic heterocycles. The molecule has 0 amide bonds. The van der Waals surface area contributed by atoms with E-state index in [4.69, 9.17) is 4.74 Å².